The van der Waals surface area contributed by atoms with E-state index in [9.17, 15) is 9.59 Å². The molecule has 0 saturated carbocycles. The third-order valence-corrected chi connectivity index (χ3v) is 3.94. The SMILES string of the molecule is O=C(COc1ccccc1)N/N=C/c1ccc(OC(=O)c2ccc(Cl)cc2)cc1. The number of hydrogen-bond donors (Lipinski definition) is 1. The summed E-state index contributed by atoms with van der Waals surface area (Å²) in [5, 5.41) is 4.42. The van der Waals surface area contributed by atoms with Crippen LogP contribution in [0.15, 0.2) is 84.0 Å². The summed E-state index contributed by atoms with van der Waals surface area (Å²) < 4.78 is 10.6. The zero-order chi connectivity index (χ0) is 20.5. The number of benzene rings is 3. The standard InChI is InChI=1S/C22H17ClN2O4/c23-18-10-8-17(9-11-18)22(27)29-20-12-6-16(7-13-20)14-24-25-21(26)15-28-19-4-2-1-3-5-19/h1-14H,15H2,(H,25,26)/b24-14+. The lowest BCUT2D eigenvalue weighted by molar-refractivity contribution is -0.123. The molecule has 0 heterocycles. The highest BCUT2D eigenvalue weighted by Gasteiger charge is 2.08. The maximum absolute atomic E-state index is 12.1. The van der Waals surface area contributed by atoms with Crippen LogP contribution in [0.4, 0.5) is 0 Å². The van der Waals surface area contributed by atoms with E-state index in [1.54, 1.807) is 60.7 Å². The number of nitrogens with zero attached hydrogens (tertiary/aromatic N) is 1. The largest absolute Gasteiger partial charge is 0.484 e. The minimum atomic E-state index is -0.478. The number of nitrogens with one attached hydrogen (secondary N) is 1. The number of ether oxygens (including phenoxy) is 2. The Hall–Kier alpha value is -3.64. The highest BCUT2D eigenvalue weighted by Crippen LogP contribution is 2.15. The third-order valence-electron chi connectivity index (χ3n) is 3.69. The molecule has 0 atom stereocenters. The number of rotatable bonds is 7. The molecule has 6 nitrogen and oxygen atoms in total. The number of esters is 1. The molecule has 7 heteroatoms. The van der Waals surface area contributed by atoms with E-state index in [0.29, 0.717) is 22.1 Å². The van der Waals surface area contributed by atoms with Crippen LogP contribution < -0.4 is 14.9 Å². The predicted molar refractivity (Wildman–Crippen MR) is 111 cm³/mol. The molecular weight excluding hydrogens is 392 g/mol. The van der Waals surface area contributed by atoms with Gasteiger partial charge in [-0.05, 0) is 66.2 Å². The first-order valence-electron chi connectivity index (χ1n) is 8.68. The van der Waals surface area contributed by atoms with Gasteiger partial charge in [0, 0.05) is 5.02 Å². The first kappa shape index (κ1) is 20.1. The molecule has 3 aromatic rings. The molecule has 0 spiro atoms. The zero-order valence-electron chi connectivity index (χ0n) is 15.2. The quantitative estimate of drug-likeness (QED) is 0.276. The van der Waals surface area contributed by atoms with Crippen LogP contribution in [0, 0.1) is 0 Å². The fourth-order valence-electron chi connectivity index (χ4n) is 2.25. The van der Waals surface area contributed by atoms with Crippen LogP contribution >= 0.6 is 11.6 Å². The summed E-state index contributed by atoms with van der Waals surface area (Å²) in [6.07, 6.45) is 1.48. The summed E-state index contributed by atoms with van der Waals surface area (Å²) in [5.74, 6) is 0.144. The fraction of sp³-hybridized carbons (Fsp3) is 0.0455. The summed E-state index contributed by atoms with van der Waals surface area (Å²) in [6, 6.07) is 22.1. The molecule has 0 saturated heterocycles. The maximum atomic E-state index is 12.1. The Morgan fingerprint density at radius 3 is 2.28 bits per heavy atom. The van der Waals surface area contributed by atoms with Gasteiger partial charge in [0.25, 0.3) is 5.91 Å². The van der Waals surface area contributed by atoms with Gasteiger partial charge >= 0.3 is 5.97 Å². The van der Waals surface area contributed by atoms with Crippen molar-refractivity contribution in [1.29, 1.82) is 0 Å². The smallest absolute Gasteiger partial charge is 0.343 e. The maximum Gasteiger partial charge on any atom is 0.343 e. The average Bonchev–Trinajstić information content (AvgIpc) is 2.75. The summed E-state index contributed by atoms with van der Waals surface area (Å²) in [6.45, 7) is -0.138. The minimum Gasteiger partial charge on any atom is -0.484 e. The number of carbonyl (C=O) groups excluding carboxylic acids is 2. The lowest BCUT2D eigenvalue weighted by Crippen LogP contribution is -2.24. The van der Waals surface area contributed by atoms with Crippen molar-refractivity contribution >= 4 is 29.7 Å². The van der Waals surface area contributed by atoms with E-state index in [2.05, 4.69) is 10.5 Å². The molecule has 0 fully saturated rings. The third kappa shape index (κ3) is 6.48. The van der Waals surface area contributed by atoms with Crippen molar-refractivity contribution in [2.24, 2.45) is 5.10 Å². The van der Waals surface area contributed by atoms with Gasteiger partial charge in [-0.15, -0.1) is 0 Å². The summed E-state index contributed by atoms with van der Waals surface area (Å²) in [5.41, 5.74) is 3.51. The topological polar surface area (TPSA) is 77.0 Å². The van der Waals surface area contributed by atoms with Crippen molar-refractivity contribution in [3.63, 3.8) is 0 Å². The van der Waals surface area contributed by atoms with Gasteiger partial charge < -0.3 is 9.47 Å². The highest BCUT2D eigenvalue weighted by atomic mass is 35.5. The lowest BCUT2D eigenvalue weighted by atomic mass is 10.2. The van der Waals surface area contributed by atoms with E-state index in [0.717, 1.165) is 5.56 Å². The number of amides is 1. The number of hydrogen-bond acceptors (Lipinski definition) is 5. The van der Waals surface area contributed by atoms with E-state index in [1.165, 1.54) is 6.21 Å². The van der Waals surface area contributed by atoms with Crippen molar-refractivity contribution in [3.8, 4) is 11.5 Å². The highest BCUT2D eigenvalue weighted by molar-refractivity contribution is 6.30. The molecule has 29 heavy (non-hydrogen) atoms. The van der Waals surface area contributed by atoms with Gasteiger partial charge in [0.05, 0.1) is 11.8 Å². The monoisotopic (exact) mass is 408 g/mol. The zero-order valence-corrected chi connectivity index (χ0v) is 16.0. The number of halogens is 1. The van der Waals surface area contributed by atoms with Gasteiger partial charge in [-0.3, -0.25) is 4.79 Å². The van der Waals surface area contributed by atoms with Gasteiger partial charge in [-0.25, -0.2) is 10.2 Å². The number of para-hydroxylation sites is 1. The molecule has 0 aliphatic heterocycles. The van der Waals surface area contributed by atoms with E-state index < -0.39 is 5.97 Å². The van der Waals surface area contributed by atoms with Crippen LogP contribution in [0.25, 0.3) is 0 Å². The molecule has 0 aliphatic rings. The second kappa shape index (κ2) is 10.1. The Labute approximate surface area is 172 Å². The van der Waals surface area contributed by atoms with Crippen molar-refractivity contribution < 1.29 is 19.1 Å². The molecule has 0 bridgehead atoms. The Bertz CT molecular complexity index is 988. The van der Waals surface area contributed by atoms with E-state index in [1.807, 2.05) is 18.2 Å². The molecule has 0 unspecified atom stereocenters. The molecule has 1 amide bonds. The molecular formula is C22H17ClN2O4. The first-order chi connectivity index (χ1) is 14.1. The number of hydrazone groups is 1. The van der Waals surface area contributed by atoms with Gasteiger partial charge in [-0.2, -0.15) is 5.10 Å². The fourth-order valence-corrected chi connectivity index (χ4v) is 2.38. The first-order valence-corrected chi connectivity index (χ1v) is 9.05. The van der Waals surface area contributed by atoms with Gasteiger partial charge in [0.1, 0.15) is 11.5 Å². The molecule has 3 rings (SSSR count). The second-order valence-electron chi connectivity index (χ2n) is 5.86. The Kier molecular flexibility index (Phi) is 6.97. The molecule has 146 valence electrons. The Balaban J connectivity index is 1.46. The summed E-state index contributed by atoms with van der Waals surface area (Å²) in [7, 11) is 0. The van der Waals surface area contributed by atoms with Crippen molar-refractivity contribution in [3.05, 3.63) is 95.0 Å². The minimum absolute atomic E-state index is 0.138. The van der Waals surface area contributed by atoms with E-state index in [-0.39, 0.29) is 12.5 Å². The van der Waals surface area contributed by atoms with Crippen LogP contribution in [0.5, 0.6) is 11.5 Å². The van der Waals surface area contributed by atoms with Gasteiger partial charge in [0.2, 0.25) is 0 Å². The van der Waals surface area contributed by atoms with Crippen LogP contribution in [0.1, 0.15) is 15.9 Å². The van der Waals surface area contributed by atoms with E-state index >= 15 is 0 Å². The average molecular weight is 409 g/mol. The molecule has 3 aromatic carbocycles. The lowest BCUT2D eigenvalue weighted by Gasteiger charge is -2.05. The van der Waals surface area contributed by atoms with E-state index in [4.69, 9.17) is 21.1 Å². The second-order valence-corrected chi connectivity index (χ2v) is 6.30. The van der Waals surface area contributed by atoms with Crippen LogP contribution in [-0.4, -0.2) is 24.7 Å². The number of carbonyl (C=O) groups is 2. The van der Waals surface area contributed by atoms with Crippen molar-refractivity contribution in [2.75, 3.05) is 6.61 Å². The predicted octanol–water partition coefficient (Wildman–Crippen LogP) is 4.09. The van der Waals surface area contributed by atoms with Crippen LogP contribution in [0.2, 0.25) is 5.02 Å². The van der Waals surface area contributed by atoms with Crippen molar-refractivity contribution in [1.82, 2.24) is 5.43 Å². The summed E-state index contributed by atoms with van der Waals surface area (Å²) >= 11 is 5.80. The van der Waals surface area contributed by atoms with Crippen molar-refractivity contribution in [2.45, 2.75) is 0 Å². The summed E-state index contributed by atoms with van der Waals surface area (Å²) in [4.78, 5) is 23.8. The van der Waals surface area contributed by atoms with Crippen LogP contribution in [-0.2, 0) is 4.79 Å². The van der Waals surface area contributed by atoms with Gasteiger partial charge in [-0.1, -0.05) is 29.8 Å². The Morgan fingerprint density at radius 1 is 0.897 bits per heavy atom. The normalized spacial score (nSPS) is 10.5. The molecule has 0 aromatic heterocycles. The van der Waals surface area contributed by atoms with Gasteiger partial charge in [0.15, 0.2) is 6.61 Å². The van der Waals surface area contributed by atoms with Crippen LogP contribution in [0.3, 0.4) is 0 Å². The molecule has 0 aliphatic carbocycles. The molecule has 1 N–H and O–H groups in total. The Morgan fingerprint density at radius 2 is 1.59 bits per heavy atom. The molecule has 0 radical (unpaired) electrons.